The molecule has 0 saturated heterocycles. The molecule has 0 aromatic carbocycles. The molecule has 0 aliphatic heterocycles. The Morgan fingerprint density at radius 1 is 0.844 bits per heavy atom. The third kappa shape index (κ3) is 12.4. The van der Waals surface area contributed by atoms with Crippen LogP contribution in [0, 0.1) is 11.8 Å². The maximum atomic E-state index is 13.4. The Kier molecular flexibility index (Phi) is 10.5. The van der Waals surface area contributed by atoms with Crippen molar-refractivity contribution in [3.63, 3.8) is 0 Å². The number of amides is 3. The van der Waals surface area contributed by atoms with Gasteiger partial charge in [0.2, 0.25) is 11.8 Å². The first-order valence-corrected chi connectivity index (χ1v) is 10.1. The molecule has 2 atom stereocenters. The lowest BCUT2D eigenvalue weighted by Crippen LogP contribution is -2.53. The molecule has 3 N–H and O–H groups in total. The molecule has 0 fully saturated rings. The number of halogens is 3. The van der Waals surface area contributed by atoms with E-state index >= 15 is 0 Å². The van der Waals surface area contributed by atoms with Crippen molar-refractivity contribution >= 4 is 23.9 Å². The van der Waals surface area contributed by atoms with Crippen molar-refractivity contribution in [3.05, 3.63) is 0 Å². The lowest BCUT2D eigenvalue weighted by atomic mass is 10.0. The molecule has 0 bridgehead atoms. The van der Waals surface area contributed by atoms with Gasteiger partial charge in [-0.1, -0.05) is 13.8 Å². The summed E-state index contributed by atoms with van der Waals surface area (Å²) in [6, 6.07) is -1.31. The summed E-state index contributed by atoms with van der Waals surface area (Å²) >= 11 is 0. The molecule has 186 valence electrons. The van der Waals surface area contributed by atoms with Crippen LogP contribution in [0.4, 0.5) is 18.0 Å². The molecule has 0 spiro atoms. The summed E-state index contributed by atoms with van der Waals surface area (Å²) in [7, 11) is 0. The van der Waals surface area contributed by atoms with Crippen LogP contribution in [-0.2, 0) is 23.9 Å². The van der Waals surface area contributed by atoms with Crippen LogP contribution < -0.4 is 16.0 Å². The molecule has 0 radical (unpaired) electrons. The number of rotatable bonds is 8. The van der Waals surface area contributed by atoms with Crippen molar-refractivity contribution in [1.29, 1.82) is 0 Å². The molecular weight excluding hydrogens is 435 g/mol. The molecule has 3 amide bonds. The Labute approximate surface area is 186 Å². The van der Waals surface area contributed by atoms with E-state index in [0.717, 1.165) is 0 Å². The predicted molar refractivity (Wildman–Crippen MR) is 109 cm³/mol. The molecule has 12 heteroatoms. The van der Waals surface area contributed by atoms with Gasteiger partial charge in [0.1, 0.15) is 17.2 Å². The number of alkyl halides is 3. The monoisotopic (exact) mass is 469 g/mol. The number of carbonyl (C=O) groups excluding carboxylic acids is 4. The second-order valence-corrected chi connectivity index (χ2v) is 9.52. The van der Waals surface area contributed by atoms with Crippen LogP contribution in [0.15, 0.2) is 0 Å². The number of ether oxygens (including phenoxy) is 2. The van der Waals surface area contributed by atoms with E-state index in [1.54, 1.807) is 55.4 Å². The van der Waals surface area contributed by atoms with Gasteiger partial charge in [-0.2, -0.15) is 13.2 Å². The van der Waals surface area contributed by atoms with Gasteiger partial charge in [-0.25, -0.2) is 9.59 Å². The van der Waals surface area contributed by atoms with E-state index in [-0.39, 0.29) is 0 Å². The van der Waals surface area contributed by atoms with Gasteiger partial charge in [-0.3, -0.25) is 9.59 Å². The molecule has 0 unspecified atom stereocenters. The molecule has 0 heterocycles. The molecule has 0 rings (SSSR count). The van der Waals surface area contributed by atoms with E-state index in [1.807, 2.05) is 5.32 Å². The zero-order chi connectivity index (χ0) is 25.5. The summed E-state index contributed by atoms with van der Waals surface area (Å²) < 4.78 is 50.3. The van der Waals surface area contributed by atoms with Gasteiger partial charge in [0.05, 0.1) is 6.54 Å². The lowest BCUT2D eigenvalue weighted by Gasteiger charge is -2.28. The Morgan fingerprint density at radius 2 is 1.34 bits per heavy atom. The summed E-state index contributed by atoms with van der Waals surface area (Å²) in [5.74, 6) is -6.47. The van der Waals surface area contributed by atoms with Gasteiger partial charge in [-0.05, 0) is 47.5 Å². The van der Waals surface area contributed by atoms with E-state index in [0.29, 0.717) is 0 Å². The molecule has 0 aromatic heterocycles. The van der Waals surface area contributed by atoms with Gasteiger partial charge in [0.25, 0.3) is 0 Å². The first-order valence-electron chi connectivity index (χ1n) is 10.1. The fraction of sp³-hybridized carbons (Fsp3) is 0.800. The van der Waals surface area contributed by atoms with Gasteiger partial charge in [-0.15, -0.1) is 0 Å². The number of hydrogen-bond donors (Lipinski definition) is 3. The average Bonchev–Trinajstić information content (AvgIpc) is 2.53. The highest BCUT2D eigenvalue weighted by Gasteiger charge is 2.46. The highest BCUT2D eigenvalue weighted by atomic mass is 19.4. The third-order valence-corrected chi connectivity index (χ3v) is 3.63. The Balaban J connectivity index is 5.07. The van der Waals surface area contributed by atoms with Gasteiger partial charge in [0.15, 0.2) is 5.92 Å². The molecule has 9 nitrogen and oxygen atoms in total. The minimum Gasteiger partial charge on any atom is -0.458 e. The van der Waals surface area contributed by atoms with Crippen molar-refractivity contribution in [1.82, 2.24) is 16.0 Å². The van der Waals surface area contributed by atoms with E-state index < -0.39 is 72.2 Å². The van der Waals surface area contributed by atoms with Crippen LogP contribution >= 0.6 is 0 Å². The highest BCUT2D eigenvalue weighted by Crippen LogP contribution is 2.26. The summed E-state index contributed by atoms with van der Waals surface area (Å²) in [5.41, 5.74) is -1.71. The van der Waals surface area contributed by atoms with Crippen molar-refractivity contribution in [2.75, 3.05) is 13.1 Å². The Bertz CT molecular complexity index is 682. The zero-order valence-electron chi connectivity index (χ0n) is 19.7. The van der Waals surface area contributed by atoms with E-state index in [9.17, 15) is 32.3 Å². The number of alkyl carbamates (subject to hydrolysis) is 1. The van der Waals surface area contributed by atoms with Crippen molar-refractivity contribution < 1.29 is 41.8 Å². The molecule has 0 aliphatic rings. The third-order valence-electron chi connectivity index (χ3n) is 3.63. The van der Waals surface area contributed by atoms with Crippen LogP contribution in [0.25, 0.3) is 0 Å². The Hall–Kier alpha value is -2.53. The standard InChI is InChI=1S/C20H34F3N3O6/c1-11(2)14(16(29)31-18(3,4)5)26-15(28)12(20(21,22)23)9-24-13(27)10-25-17(30)32-19(6,7)8/h11-12,14H,9-10H2,1-8H3,(H,24,27)(H,25,30)(H,26,28)/t12-,14-/m0/s1. The molecule has 0 aliphatic carbocycles. The van der Waals surface area contributed by atoms with Crippen molar-refractivity contribution in [3.8, 4) is 0 Å². The average molecular weight is 470 g/mol. The summed E-state index contributed by atoms with van der Waals surface area (Å²) in [6.45, 7) is 10.9. The molecule has 0 aromatic rings. The smallest absolute Gasteiger partial charge is 0.408 e. The van der Waals surface area contributed by atoms with Crippen molar-refractivity contribution in [2.24, 2.45) is 11.8 Å². The second-order valence-electron chi connectivity index (χ2n) is 9.52. The number of carbonyl (C=O) groups is 4. The fourth-order valence-electron chi connectivity index (χ4n) is 2.22. The quantitative estimate of drug-likeness (QED) is 0.469. The number of esters is 1. The number of nitrogens with one attached hydrogen (secondary N) is 3. The molecule has 0 saturated carbocycles. The predicted octanol–water partition coefficient (Wildman–Crippen LogP) is 2.29. The van der Waals surface area contributed by atoms with E-state index in [4.69, 9.17) is 9.47 Å². The molecular formula is C20H34F3N3O6. The second kappa shape index (κ2) is 11.4. The van der Waals surface area contributed by atoms with Crippen LogP contribution in [-0.4, -0.2) is 60.4 Å². The summed E-state index contributed by atoms with van der Waals surface area (Å²) in [5, 5.41) is 6.12. The maximum absolute atomic E-state index is 13.4. The first-order chi connectivity index (χ1) is 14.2. The minimum atomic E-state index is -4.99. The summed E-state index contributed by atoms with van der Waals surface area (Å²) in [4.78, 5) is 47.9. The largest absolute Gasteiger partial charge is 0.458 e. The van der Waals surface area contributed by atoms with Crippen molar-refractivity contribution in [2.45, 2.75) is 78.8 Å². The fourth-order valence-corrected chi connectivity index (χ4v) is 2.22. The highest BCUT2D eigenvalue weighted by molar-refractivity contribution is 5.87. The topological polar surface area (TPSA) is 123 Å². The SMILES string of the molecule is CC(C)[C@H](NC(=O)[C@H](CNC(=O)CNC(=O)OC(C)(C)C)C(F)(F)F)C(=O)OC(C)(C)C. The molecule has 32 heavy (non-hydrogen) atoms. The maximum Gasteiger partial charge on any atom is 0.408 e. The van der Waals surface area contributed by atoms with Gasteiger partial charge in [0, 0.05) is 6.54 Å². The lowest BCUT2D eigenvalue weighted by molar-refractivity contribution is -0.184. The van der Waals surface area contributed by atoms with Crippen LogP contribution in [0.2, 0.25) is 0 Å². The van der Waals surface area contributed by atoms with E-state index in [2.05, 4.69) is 10.6 Å². The number of hydrogen-bond acceptors (Lipinski definition) is 6. The first kappa shape index (κ1) is 29.5. The van der Waals surface area contributed by atoms with Crippen LogP contribution in [0.5, 0.6) is 0 Å². The zero-order valence-corrected chi connectivity index (χ0v) is 19.7. The Morgan fingerprint density at radius 3 is 1.75 bits per heavy atom. The minimum absolute atomic E-state index is 0.546. The van der Waals surface area contributed by atoms with Gasteiger partial charge < -0.3 is 25.4 Å². The summed E-state index contributed by atoms with van der Waals surface area (Å²) in [6.07, 6.45) is -5.92. The van der Waals surface area contributed by atoms with E-state index in [1.165, 1.54) is 0 Å². The van der Waals surface area contributed by atoms with Crippen LogP contribution in [0.1, 0.15) is 55.4 Å². The van der Waals surface area contributed by atoms with Crippen LogP contribution in [0.3, 0.4) is 0 Å². The normalized spacial score (nSPS) is 14.2. The van der Waals surface area contributed by atoms with Gasteiger partial charge >= 0.3 is 18.2 Å².